The molecule has 0 radical (unpaired) electrons. The molecule has 0 aliphatic rings. The van der Waals surface area contributed by atoms with Gasteiger partial charge in [0, 0.05) is 38.3 Å². The van der Waals surface area contributed by atoms with E-state index in [0.717, 1.165) is 23.7 Å². The Bertz CT molecular complexity index is 566. The third-order valence-corrected chi connectivity index (χ3v) is 4.05. The summed E-state index contributed by atoms with van der Waals surface area (Å²) in [6.45, 7) is 0.824. The zero-order valence-electron chi connectivity index (χ0n) is 12.0. The minimum atomic E-state index is -0.116. The Hall–Kier alpha value is -1.73. The highest BCUT2D eigenvalue weighted by atomic mass is 32.2. The van der Waals surface area contributed by atoms with Crippen molar-refractivity contribution < 1.29 is 9.90 Å². The van der Waals surface area contributed by atoms with Crippen molar-refractivity contribution in [3.05, 3.63) is 36.3 Å². The summed E-state index contributed by atoms with van der Waals surface area (Å²) in [6, 6.07) is 3.82. The number of aromatic nitrogens is 3. The van der Waals surface area contributed by atoms with Crippen LogP contribution in [0, 0.1) is 0 Å². The van der Waals surface area contributed by atoms with Crippen molar-refractivity contribution in [3.63, 3.8) is 0 Å². The molecule has 0 saturated carbocycles. The fourth-order valence-electron chi connectivity index (χ4n) is 1.97. The quantitative estimate of drug-likeness (QED) is 0.715. The molecule has 2 aromatic rings. The number of amides is 1. The molecule has 0 bridgehead atoms. The molecular formula is C14H20N4O2S. The van der Waals surface area contributed by atoms with Gasteiger partial charge < -0.3 is 15.0 Å². The summed E-state index contributed by atoms with van der Waals surface area (Å²) in [5.74, 6) is 2.39. The van der Waals surface area contributed by atoms with E-state index < -0.39 is 0 Å². The van der Waals surface area contributed by atoms with Crippen LogP contribution in [0.3, 0.4) is 0 Å². The average Bonchev–Trinajstić information content (AvgIpc) is 3.11. The summed E-state index contributed by atoms with van der Waals surface area (Å²) >= 11 is 1.72. The van der Waals surface area contributed by atoms with E-state index in [9.17, 15) is 4.79 Å². The lowest BCUT2D eigenvalue weighted by Crippen LogP contribution is -2.26. The monoisotopic (exact) mass is 308 g/mol. The number of rotatable bonds is 8. The van der Waals surface area contributed by atoms with Crippen LogP contribution in [-0.2, 0) is 7.05 Å². The molecule has 0 spiro atoms. The molecule has 2 heterocycles. The Morgan fingerprint density at radius 1 is 1.38 bits per heavy atom. The number of hydrogen-bond acceptors (Lipinski definition) is 4. The second kappa shape index (κ2) is 7.90. The van der Waals surface area contributed by atoms with Crippen molar-refractivity contribution in [1.82, 2.24) is 19.7 Å². The number of aliphatic hydroxyl groups is 1. The lowest BCUT2D eigenvalue weighted by atomic mass is 10.3. The molecule has 0 aliphatic heterocycles. The van der Waals surface area contributed by atoms with Gasteiger partial charge in [0.25, 0.3) is 5.91 Å². The first-order chi connectivity index (χ1) is 10.2. The largest absolute Gasteiger partial charge is 0.396 e. The summed E-state index contributed by atoms with van der Waals surface area (Å²) in [5, 5.41) is 15.8. The Morgan fingerprint density at radius 2 is 2.14 bits per heavy atom. The molecule has 2 aromatic heterocycles. The molecule has 1 amide bonds. The lowest BCUT2D eigenvalue weighted by molar-refractivity contribution is 0.0956. The van der Waals surface area contributed by atoms with Crippen LogP contribution in [0.15, 0.2) is 30.7 Å². The first kappa shape index (κ1) is 15.7. The van der Waals surface area contributed by atoms with Gasteiger partial charge in [-0.3, -0.25) is 9.48 Å². The van der Waals surface area contributed by atoms with Crippen LogP contribution in [-0.4, -0.2) is 50.0 Å². The summed E-state index contributed by atoms with van der Waals surface area (Å²) in [4.78, 5) is 12.2. The molecule has 0 saturated heterocycles. The van der Waals surface area contributed by atoms with Crippen LogP contribution in [0.25, 0.3) is 5.82 Å². The topological polar surface area (TPSA) is 72.1 Å². The number of hydrogen-bond donors (Lipinski definition) is 2. The number of aryl methyl sites for hydroxylation is 1. The molecule has 114 valence electrons. The average molecular weight is 308 g/mol. The van der Waals surface area contributed by atoms with Crippen LogP contribution in [0.4, 0.5) is 0 Å². The zero-order chi connectivity index (χ0) is 15.1. The van der Waals surface area contributed by atoms with E-state index >= 15 is 0 Å². The van der Waals surface area contributed by atoms with Gasteiger partial charge in [0.15, 0.2) is 0 Å². The summed E-state index contributed by atoms with van der Waals surface area (Å²) in [7, 11) is 1.82. The van der Waals surface area contributed by atoms with Crippen molar-refractivity contribution in [1.29, 1.82) is 0 Å². The maximum atomic E-state index is 12.2. The summed E-state index contributed by atoms with van der Waals surface area (Å²) in [6.07, 6.45) is 6.15. The molecule has 21 heavy (non-hydrogen) atoms. The number of nitrogens with one attached hydrogen (secondary N) is 1. The van der Waals surface area contributed by atoms with Crippen molar-refractivity contribution in [3.8, 4) is 5.82 Å². The van der Waals surface area contributed by atoms with Gasteiger partial charge >= 0.3 is 0 Å². The fraction of sp³-hybridized carbons (Fsp3) is 0.429. The number of nitrogens with zero attached hydrogens (tertiary/aromatic N) is 3. The van der Waals surface area contributed by atoms with Gasteiger partial charge in [-0.2, -0.15) is 16.9 Å². The van der Waals surface area contributed by atoms with Crippen LogP contribution < -0.4 is 5.32 Å². The van der Waals surface area contributed by atoms with Crippen LogP contribution in [0.5, 0.6) is 0 Å². The molecule has 0 atom stereocenters. The predicted molar refractivity (Wildman–Crippen MR) is 83.9 cm³/mol. The molecule has 6 nitrogen and oxygen atoms in total. The van der Waals surface area contributed by atoms with E-state index in [4.69, 9.17) is 5.11 Å². The number of carbonyl (C=O) groups is 1. The van der Waals surface area contributed by atoms with Crippen molar-refractivity contribution >= 4 is 17.7 Å². The second-order valence-electron chi connectivity index (χ2n) is 4.54. The maximum absolute atomic E-state index is 12.2. The summed E-state index contributed by atoms with van der Waals surface area (Å²) in [5.41, 5.74) is 0.564. The van der Waals surface area contributed by atoms with Crippen LogP contribution >= 0.6 is 11.8 Å². The van der Waals surface area contributed by atoms with E-state index in [2.05, 4.69) is 10.4 Å². The number of aliphatic hydroxyl groups excluding tert-OH is 1. The van der Waals surface area contributed by atoms with E-state index in [0.29, 0.717) is 12.1 Å². The maximum Gasteiger partial charge on any atom is 0.256 e. The highest BCUT2D eigenvalue weighted by Gasteiger charge is 2.16. The minimum Gasteiger partial charge on any atom is -0.396 e. The van der Waals surface area contributed by atoms with Gasteiger partial charge in [0.2, 0.25) is 0 Å². The van der Waals surface area contributed by atoms with Crippen LogP contribution in [0.2, 0.25) is 0 Å². The number of carbonyl (C=O) groups excluding carboxylic acids is 1. The SMILES string of the molecule is Cn1ncc(C(=O)NCCSCCCO)c1-n1cccc1. The Morgan fingerprint density at radius 3 is 2.86 bits per heavy atom. The molecule has 2 rings (SSSR count). The predicted octanol–water partition coefficient (Wildman–Crippen LogP) is 1.06. The summed E-state index contributed by atoms with van der Waals surface area (Å²) < 4.78 is 3.56. The van der Waals surface area contributed by atoms with E-state index in [-0.39, 0.29) is 12.5 Å². The Labute approximate surface area is 128 Å². The molecule has 0 unspecified atom stereocenters. The van der Waals surface area contributed by atoms with E-state index in [1.807, 2.05) is 36.1 Å². The molecule has 0 fully saturated rings. The zero-order valence-corrected chi connectivity index (χ0v) is 12.8. The van der Waals surface area contributed by atoms with Gasteiger partial charge in [-0.05, 0) is 24.3 Å². The second-order valence-corrected chi connectivity index (χ2v) is 5.77. The van der Waals surface area contributed by atoms with E-state index in [1.165, 1.54) is 0 Å². The normalized spacial score (nSPS) is 10.8. The van der Waals surface area contributed by atoms with Gasteiger partial charge in [-0.25, -0.2) is 0 Å². The smallest absolute Gasteiger partial charge is 0.256 e. The molecular weight excluding hydrogens is 288 g/mol. The van der Waals surface area contributed by atoms with Gasteiger partial charge in [-0.15, -0.1) is 0 Å². The van der Waals surface area contributed by atoms with Gasteiger partial charge in [0.05, 0.1) is 6.20 Å². The number of thioether (sulfide) groups is 1. The first-order valence-electron chi connectivity index (χ1n) is 6.86. The standard InChI is InChI=1S/C14H20N4O2S/c1-17-14(18-6-2-3-7-18)12(11-16-17)13(20)15-5-10-21-9-4-8-19/h2-3,6-7,11,19H,4-5,8-10H2,1H3,(H,15,20). The van der Waals surface area contributed by atoms with Gasteiger partial charge in [0.1, 0.15) is 11.4 Å². The molecule has 7 heteroatoms. The highest BCUT2D eigenvalue weighted by Crippen LogP contribution is 2.13. The Kier molecular flexibility index (Phi) is 5.89. The third kappa shape index (κ3) is 4.12. The van der Waals surface area contributed by atoms with Crippen molar-refractivity contribution in [2.75, 3.05) is 24.7 Å². The van der Waals surface area contributed by atoms with E-state index in [1.54, 1.807) is 22.6 Å². The van der Waals surface area contributed by atoms with Crippen molar-refractivity contribution in [2.24, 2.45) is 7.05 Å². The molecule has 0 aromatic carbocycles. The van der Waals surface area contributed by atoms with Gasteiger partial charge in [-0.1, -0.05) is 0 Å². The van der Waals surface area contributed by atoms with Crippen LogP contribution in [0.1, 0.15) is 16.8 Å². The molecule has 2 N–H and O–H groups in total. The molecule has 0 aliphatic carbocycles. The fourth-order valence-corrected chi connectivity index (χ4v) is 2.76. The third-order valence-electron chi connectivity index (χ3n) is 2.98. The first-order valence-corrected chi connectivity index (χ1v) is 8.01. The minimum absolute atomic E-state index is 0.116. The van der Waals surface area contributed by atoms with Crippen molar-refractivity contribution in [2.45, 2.75) is 6.42 Å². The Balaban J connectivity index is 1.91. The lowest BCUT2D eigenvalue weighted by Gasteiger charge is -2.08. The highest BCUT2D eigenvalue weighted by molar-refractivity contribution is 7.99.